The number of hydrogen-bond donors (Lipinski definition) is 3. The third-order valence-electron chi connectivity index (χ3n) is 2.74. The molecule has 0 spiro atoms. The lowest BCUT2D eigenvalue weighted by atomic mass is 10.2. The first-order chi connectivity index (χ1) is 9.33. The van der Waals surface area contributed by atoms with Crippen LogP contribution in [0.1, 0.15) is 16.1 Å². The van der Waals surface area contributed by atoms with Crippen molar-refractivity contribution in [1.29, 1.82) is 0 Å². The van der Waals surface area contributed by atoms with Crippen molar-refractivity contribution < 1.29 is 4.79 Å². The molecule has 3 N–H and O–H groups in total. The number of aromatic nitrogens is 3. The Kier molecular flexibility index (Phi) is 2.93. The SMILES string of the molecule is O=C(Nc1ccc(C2=NCCN2)cc1)c1cn[nH]n1. The van der Waals surface area contributed by atoms with Gasteiger partial charge in [-0.3, -0.25) is 9.79 Å². The van der Waals surface area contributed by atoms with Crippen molar-refractivity contribution in [3.8, 4) is 0 Å². The quantitative estimate of drug-likeness (QED) is 0.741. The number of carbonyl (C=O) groups is 1. The van der Waals surface area contributed by atoms with Gasteiger partial charge in [0.2, 0.25) is 0 Å². The van der Waals surface area contributed by atoms with Crippen molar-refractivity contribution in [3.63, 3.8) is 0 Å². The number of amidine groups is 1. The fraction of sp³-hybridized carbons (Fsp3) is 0.167. The summed E-state index contributed by atoms with van der Waals surface area (Å²) >= 11 is 0. The second kappa shape index (κ2) is 4.89. The normalized spacial score (nSPS) is 13.8. The minimum atomic E-state index is -0.294. The zero-order valence-corrected chi connectivity index (χ0v) is 10.1. The van der Waals surface area contributed by atoms with Crippen LogP contribution < -0.4 is 10.6 Å². The summed E-state index contributed by atoms with van der Waals surface area (Å²) in [5, 5.41) is 15.6. The largest absolute Gasteiger partial charge is 0.368 e. The molecular formula is C12H12N6O. The number of hydrogen-bond acceptors (Lipinski definition) is 5. The Morgan fingerprint density at radius 2 is 2.11 bits per heavy atom. The van der Waals surface area contributed by atoms with E-state index in [0.29, 0.717) is 5.69 Å². The summed E-state index contributed by atoms with van der Waals surface area (Å²) in [6.07, 6.45) is 1.38. The van der Waals surface area contributed by atoms with Crippen LogP contribution in [0.4, 0.5) is 5.69 Å². The molecule has 0 saturated carbocycles. The van der Waals surface area contributed by atoms with Crippen LogP contribution in [-0.4, -0.2) is 40.2 Å². The summed E-state index contributed by atoms with van der Waals surface area (Å²) in [7, 11) is 0. The molecule has 2 aromatic rings. The second-order valence-corrected chi connectivity index (χ2v) is 4.04. The van der Waals surface area contributed by atoms with E-state index < -0.39 is 0 Å². The maximum absolute atomic E-state index is 11.7. The third-order valence-corrected chi connectivity index (χ3v) is 2.74. The molecule has 3 rings (SSSR count). The summed E-state index contributed by atoms with van der Waals surface area (Å²) in [5.74, 6) is 0.604. The third kappa shape index (κ3) is 2.44. The lowest BCUT2D eigenvalue weighted by Gasteiger charge is -2.05. The van der Waals surface area contributed by atoms with Gasteiger partial charge in [-0.15, -0.1) is 0 Å². The Morgan fingerprint density at radius 1 is 1.26 bits per heavy atom. The number of carbonyl (C=O) groups excluding carboxylic acids is 1. The van der Waals surface area contributed by atoms with Gasteiger partial charge in [0.25, 0.3) is 5.91 Å². The highest BCUT2D eigenvalue weighted by Crippen LogP contribution is 2.11. The maximum atomic E-state index is 11.7. The van der Waals surface area contributed by atoms with Crippen molar-refractivity contribution >= 4 is 17.4 Å². The van der Waals surface area contributed by atoms with Crippen LogP contribution in [0.2, 0.25) is 0 Å². The average molecular weight is 256 g/mol. The molecule has 1 aromatic carbocycles. The summed E-state index contributed by atoms with van der Waals surface area (Å²) in [6, 6.07) is 7.48. The van der Waals surface area contributed by atoms with Gasteiger partial charge in [0, 0.05) is 17.8 Å². The molecular weight excluding hydrogens is 244 g/mol. The number of nitrogens with zero attached hydrogens (tertiary/aromatic N) is 3. The number of nitrogens with one attached hydrogen (secondary N) is 3. The molecule has 96 valence electrons. The van der Waals surface area contributed by atoms with Gasteiger partial charge in [-0.25, -0.2) is 0 Å². The lowest BCUT2D eigenvalue weighted by Crippen LogP contribution is -2.19. The summed E-state index contributed by atoms with van der Waals surface area (Å²) in [4.78, 5) is 16.1. The fourth-order valence-electron chi connectivity index (χ4n) is 1.81. The van der Waals surface area contributed by atoms with Gasteiger partial charge in [-0.2, -0.15) is 15.4 Å². The number of H-pyrrole nitrogens is 1. The molecule has 2 heterocycles. The first kappa shape index (κ1) is 11.4. The Hall–Kier alpha value is -2.70. The first-order valence-electron chi connectivity index (χ1n) is 5.89. The smallest absolute Gasteiger partial charge is 0.277 e. The molecule has 0 aliphatic carbocycles. The van der Waals surface area contributed by atoms with E-state index in [9.17, 15) is 4.79 Å². The summed E-state index contributed by atoms with van der Waals surface area (Å²) in [5.41, 5.74) is 1.97. The van der Waals surface area contributed by atoms with Crippen LogP contribution in [0, 0.1) is 0 Å². The Morgan fingerprint density at radius 3 is 2.74 bits per heavy atom. The molecule has 0 saturated heterocycles. The zero-order valence-electron chi connectivity index (χ0n) is 10.1. The van der Waals surface area contributed by atoms with Crippen LogP contribution in [0.15, 0.2) is 35.5 Å². The van der Waals surface area contributed by atoms with Crippen LogP contribution in [0.5, 0.6) is 0 Å². The van der Waals surface area contributed by atoms with E-state index in [0.717, 1.165) is 24.5 Å². The van der Waals surface area contributed by atoms with E-state index in [-0.39, 0.29) is 11.6 Å². The minimum Gasteiger partial charge on any atom is -0.368 e. The molecule has 0 atom stereocenters. The van der Waals surface area contributed by atoms with Crippen molar-refractivity contribution in [2.24, 2.45) is 4.99 Å². The molecule has 7 heteroatoms. The Bertz CT molecular complexity index is 602. The van der Waals surface area contributed by atoms with Crippen molar-refractivity contribution in [2.45, 2.75) is 0 Å². The molecule has 1 aliphatic heterocycles. The van der Waals surface area contributed by atoms with Gasteiger partial charge in [-0.1, -0.05) is 0 Å². The van der Waals surface area contributed by atoms with Gasteiger partial charge in [0.1, 0.15) is 5.84 Å². The molecule has 1 aromatic heterocycles. The maximum Gasteiger partial charge on any atom is 0.277 e. The monoisotopic (exact) mass is 256 g/mol. The first-order valence-corrected chi connectivity index (χ1v) is 5.89. The van der Waals surface area contributed by atoms with E-state index >= 15 is 0 Å². The van der Waals surface area contributed by atoms with Crippen LogP contribution in [0.3, 0.4) is 0 Å². The zero-order chi connectivity index (χ0) is 13.1. The van der Waals surface area contributed by atoms with E-state index in [4.69, 9.17) is 0 Å². The van der Waals surface area contributed by atoms with Gasteiger partial charge >= 0.3 is 0 Å². The number of anilines is 1. The topological polar surface area (TPSA) is 95.1 Å². The van der Waals surface area contributed by atoms with Crippen molar-refractivity contribution in [3.05, 3.63) is 41.7 Å². The molecule has 7 nitrogen and oxygen atoms in total. The van der Waals surface area contributed by atoms with E-state index in [1.54, 1.807) is 0 Å². The summed E-state index contributed by atoms with van der Waals surface area (Å²) in [6.45, 7) is 1.68. The molecule has 1 aliphatic rings. The molecule has 1 amide bonds. The molecule has 19 heavy (non-hydrogen) atoms. The van der Waals surface area contributed by atoms with Gasteiger partial charge in [0.15, 0.2) is 5.69 Å². The van der Waals surface area contributed by atoms with E-state index in [1.807, 2.05) is 24.3 Å². The Balaban J connectivity index is 1.71. The molecule has 0 radical (unpaired) electrons. The predicted molar refractivity (Wildman–Crippen MR) is 70.2 cm³/mol. The van der Waals surface area contributed by atoms with Crippen LogP contribution in [0.25, 0.3) is 0 Å². The number of aromatic amines is 1. The van der Waals surface area contributed by atoms with Crippen molar-refractivity contribution in [2.75, 3.05) is 18.4 Å². The minimum absolute atomic E-state index is 0.255. The molecule has 0 bridgehead atoms. The standard InChI is InChI=1S/C12H12N6O/c19-12(10-7-15-18-17-10)16-9-3-1-8(2-4-9)11-13-5-6-14-11/h1-4,7H,5-6H2,(H,13,14)(H,16,19)(H,15,17,18). The predicted octanol–water partition coefficient (Wildman–Crippen LogP) is 0.407. The second-order valence-electron chi connectivity index (χ2n) is 4.04. The van der Waals surface area contributed by atoms with Gasteiger partial charge < -0.3 is 10.6 Å². The van der Waals surface area contributed by atoms with E-state index in [2.05, 4.69) is 31.0 Å². The lowest BCUT2D eigenvalue weighted by molar-refractivity contribution is 0.102. The van der Waals surface area contributed by atoms with Gasteiger partial charge in [0.05, 0.1) is 12.7 Å². The molecule has 0 fully saturated rings. The van der Waals surface area contributed by atoms with E-state index in [1.165, 1.54) is 6.20 Å². The highest BCUT2D eigenvalue weighted by Gasteiger charge is 2.10. The summed E-state index contributed by atoms with van der Waals surface area (Å²) < 4.78 is 0. The number of benzene rings is 1. The number of amides is 1. The Labute approximate surface area is 109 Å². The molecule has 0 unspecified atom stereocenters. The highest BCUT2D eigenvalue weighted by molar-refractivity contribution is 6.03. The highest BCUT2D eigenvalue weighted by atomic mass is 16.2. The average Bonchev–Trinajstić information content (AvgIpc) is 3.13. The van der Waals surface area contributed by atoms with Gasteiger partial charge in [-0.05, 0) is 24.3 Å². The number of aliphatic imine (C=N–C) groups is 1. The van der Waals surface area contributed by atoms with Crippen LogP contribution >= 0.6 is 0 Å². The fourth-order valence-corrected chi connectivity index (χ4v) is 1.81. The van der Waals surface area contributed by atoms with Crippen molar-refractivity contribution in [1.82, 2.24) is 20.7 Å². The number of rotatable bonds is 3. The van der Waals surface area contributed by atoms with Crippen LogP contribution in [-0.2, 0) is 0 Å².